The number of methoxy groups -OCH3 is 1. The Morgan fingerprint density at radius 2 is 1.53 bits per heavy atom. The number of aryl methyl sites for hydroxylation is 4. The summed E-state index contributed by atoms with van der Waals surface area (Å²) < 4.78 is 48.9. The first-order valence-corrected chi connectivity index (χ1v) is 13.1. The lowest BCUT2D eigenvalue weighted by Gasteiger charge is -2.28. The molecule has 0 aliphatic carbocycles. The summed E-state index contributed by atoms with van der Waals surface area (Å²) in [6.07, 6.45) is 0.769. The lowest BCUT2D eigenvalue weighted by Crippen LogP contribution is -2.34. The van der Waals surface area contributed by atoms with E-state index in [0.717, 1.165) is 28.0 Å². The molecule has 0 fully saturated rings. The topological polar surface area (TPSA) is 46.6 Å². The van der Waals surface area contributed by atoms with E-state index < -0.39 is 16.2 Å². The predicted molar refractivity (Wildman–Crippen MR) is 137 cm³/mol. The van der Waals surface area contributed by atoms with Gasteiger partial charge in [-0.05, 0) is 81.3 Å². The molecule has 3 aromatic carbocycles. The molecule has 0 bridgehead atoms. The van der Waals surface area contributed by atoms with E-state index in [2.05, 4.69) is 0 Å². The van der Waals surface area contributed by atoms with Crippen molar-refractivity contribution in [2.24, 2.45) is 0 Å². The highest BCUT2D eigenvalue weighted by molar-refractivity contribution is 7.92. The van der Waals surface area contributed by atoms with Gasteiger partial charge in [0.2, 0.25) is 0 Å². The monoisotopic (exact) mass is 483 g/mol. The fourth-order valence-electron chi connectivity index (χ4n) is 4.46. The van der Waals surface area contributed by atoms with E-state index in [4.69, 9.17) is 4.74 Å². The minimum atomic E-state index is -3.83. The van der Waals surface area contributed by atoms with Crippen LogP contribution in [0.2, 0.25) is 0 Å². The van der Waals surface area contributed by atoms with Crippen LogP contribution in [0.5, 0.6) is 5.75 Å². The van der Waals surface area contributed by atoms with Crippen LogP contribution in [0.25, 0.3) is 0 Å². The van der Waals surface area contributed by atoms with Gasteiger partial charge in [-0.1, -0.05) is 54.1 Å². The number of benzene rings is 3. The van der Waals surface area contributed by atoms with Crippen LogP contribution in [0.15, 0.2) is 71.6 Å². The Morgan fingerprint density at radius 1 is 0.912 bits per heavy atom. The third-order valence-corrected chi connectivity index (χ3v) is 7.83. The van der Waals surface area contributed by atoms with Gasteiger partial charge in [-0.3, -0.25) is 4.31 Å². The lowest BCUT2D eigenvalue weighted by molar-refractivity contribution is 0.294. The first-order chi connectivity index (χ1) is 16.2. The molecule has 1 atom stereocenters. The van der Waals surface area contributed by atoms with Gasteiger partial charge in [0.15, 0.2) is 0 Å². The van der Waals surface area contributed by atoms with Crippen molar-refractivity contribution in [1.82, 2.24) is 0 Å². The van der Waals surface area contributed by atoms with Gasteiger partial charge < -0.3 is 4.74 Å². The van der Waals surface area contributed by atoms with Gasteiger partial charge in [0.05, 0.1) is 17.7 Å². The summed E-state index contributed by atoms with van der Waals surface area (Å²) in [5.41, 5.74) is 4.48. The highest BCUT2D eigenvalue weighted by Crippen LogP contribution is 2.32. The van der Waals surface area contributed by atoms with Crippen molar-refractivity contribution in [2.45, 2.75) is 57.5 Å². The Labute approximate surface area is 203 Å². The third-order valence-electron chi connectivity index (χ3n) is 6.02. The van der Waals surface area contributed by atoms with Gasteiger partial charge in [0.25, 0.3) is 10.0 Å². The maximum Gasteiger partial charge on any atom is 0.264 e. The number of ether oxygens (including phenoxy) is 1. The number of para-hydroxylation sites is 1. The molecule has 0 radical (unpaired) electrons. The maximum atomic E-state index is 15.0. The summed E-state index contributed by atoms with van der Waals surface area (Å²) in [6.45, 7) is 5.88. The molecule has 0 aliphatic heterocycles. The van der Waals surface area contributed by atoms with Gasteiger partial charge in [-0.2, -0.15) is 0 Å². The maximum absolute atomic E-state index is 15.0. The molecule has 0 amide bonds. The second-order valence-corrected chi connectivity index (χ2v) is 10.6. The summed E-state index contributed by atoms with van der Waals surface area (Å²) in [5, 5.41) is 0. The van der Waals surface area contributed by atoms with E-state index in [1.165, 1.54) is 4.31 Å². The molecule has 3 rings (SSSR count). The molecular weight excluding hydrogens is 449 g/mol. The number of nitrogens with zero attached hydrogens (tertiary/aromatic N) is 1. The molecule has 0 heterocycles. The summed E-state index contributed by atoms with van der Waals surface area (Å²) in [4.78, 5) is 0.209. The molecule has 0 N–H and O–H groups in total. The summed E-state index contributed by atoms with van der Waals surface area (Å²) in [5.74, 6) is 0.809. The van der Waals surface area contributed by atoms with Crippen molar-refractivity contribution in [1.29, 1.82) is 0 Å². The third kappa shape index (κ3) is 6.17. The van der Waals surface area contributed by atoms with E-state index in [1.807, 2.05) is 57.2 Å². The van der Waals surface area contributed by atoms with Crippen LogP contribution in [-0.4, -0.2) is 28.2 Å². The summed E-state index contributed by atoms with van der Waals surface area (Å²) in [7, 11) is -2.20. The van der Waals surface area contributed by atoms with E-state index in [9.17, 15) is 12.8 Å². The SMILES string of the molecule is COc1ccccc1CCCC(F)CCN(c1c(C)cc(C)cc1C)S(=O)(=O)c1ccccc1. The molecule has 0 aromatic heterocycles. The van der Waals surface area contributed by atoms with Crippen LogP contribution < -0.4 is 9.04 Å². The summed E-state index contributed by atoms with van der Waals surface area (Å²) in [6, 6.07) is 20.1. The first kappa shape index (κ1) is 25.8. The van der Waals surface area contributed by atoms with Crippen molar-refractivity contribution in [3.8, 4) is 5.75 Å². The molecule has 182 valence electrons. The number of halogens is 1. The Bertz CT molecular complexity index is 1170. The normalized spacial score (nSPS) is 12.4. The van der Waals surface area contributed by atoms with Crippen molar-refractivity contribution >= 4 is 15.7 Å². The van der Waals surface area contributed by atoms with E-state index in [0.29, 0.717) is 24.9 Å². The fraction of sp³-hybridized carbons (Fsp3) is 0.357. The fourth-order valence-corrected chi connectivity index (χ4v) is 6.09. The highest BCUT2D eigenvalue weighted by Gasteiger charge is 2.28. The van der Waals surface area contributed by atoms with Gasteiger partial charge in [0, 0.05) is 6.54 Å². The average molecular weight is 484 g/mol. The molecule has 0 aliphatic rings. The number of hydrogen-bond donors (Lipinski definition) is 0. The van der Waals surface area contributed by atoms with Crippen LogP contribution in [0.4, 0.5) is 10.1 Å². The van der Waals surface area contributed by atoms with Crippen LogP contribution in [0.3, 0.4) is 0 Å². The molecule has 34 heavy (non-hydrogen) atoms. The minimum Gasteiger partial charge on any atom is -0.496 e. The van der Waals surface area contributed by atoms with Crippen molar-refractivity contribution in [3.05, 3.63) is 89.0 Å². The molecule has 3 aromatic rings. The van der Waals surface area contributed by atoms with Crippen LogP contribution in [0, 0.1) is 20.8 Å². The van der Waals surface area contributed by atoms with E-state index >= 15 is 0 Å². The molecule has 0 saturated heterocycles. The Hall–Kier alpha value is -2.86. The minimum absolute atomic E-state index is 0.0811. The van der Waals surface area contributed by atoms with Gasteiger partial charge in [-0.15, -0.1) is 0 Å². The van der Waals surface area contributed by atoms with Crippen LogP contribution >= 0.6 is 0 Å². The smallest absolute Gasteiger partial charge is 0.264 e. The second kappa shape index (κ2) is 11.5. The van der Waals surface area contributed by atoms with Crippen molar-refractivity contribution < 1.29 is 17.5 Å². The first-order valence-electron chi connectivity index (χ1n) is 11.7. The molecule has 0 spiro atoms. The average Bonchev–Trinajstić information content (AvgIpc) is 2.81. The zero-order valence-electron chi connectivity index (χ0n) is 20.4. The highest BCUT2D eigenvalue weighted by atomic mass is 32.2. The largest absolute Gasteiger partial charge is 0.496 e. The van der Waals surface area contributed by atoms with Gasteiger partial charge >= 0.3 is 0 Å². The Morgan fingerprint density at radius 3 is 2.18 bits per heavy atom. The van der Waals surface area contributed by atoms with Gasteiger partial charge in [0.1, 0.15) is 11.9 Å². The van der Waals surface area contributed by atoms with Crippen LogP contribution in [-0.2, 0) is 16.4 Å². The van der Waals surface area contributed by atoms with Crippen molar-refractivity contribution in [2.75, 3.05) is 18.0 Å². The number of anilines is 1. The predicted octanol–water partition coefficient (Wildman–Crippen LogP) is 6.57. The van der Waals surface area contributed by atoms with Crippen molar-refractivity contribution in [3.63, 3.8) is 0 Å². The zero-order valence-corrected chi connectivity index (χ0v) is 21.2. The molecule has 0 saturated carbocycles. The number of alkyl halides is 1. The Balaban J connectivity index is 1.76. The molecule has 1 unspecified atom stereocenters. The van der Waals surface area contributed by atoms with E-state index in [-0.39, 0.29) is 17.9 Å². The number of rotatable bonds is 11. The number of hydrogen-bond acceptors (Lipinski definition) is 3. The molecule has 4 nitrogen and oxygen atoms in total. The van der Waals surface area contributed by atoms with E-state index in [1.54, 1.807) is 37.4 Å². The van der Waals surface area contributed by atoms with Gasteiger partial charge in [-0.25, -0.2) is 12.8 Å². The zero-order chi connectivity index (χ0) is 24.7. The Kier molecular flexibility index (Phi) is 8.72. The lowest BCUT2D eigenvalue weighted by atomic mass is 10.0. The number of sulfonamides is 1. The standard InChI is InChI=1S/C28H34FNO3S/c1-21-19-22(2)28(23(3)20-21)30(34(31,32)26-14-6-5-7-15-26)18-17-25(29)13-10-12-24-11-8-9-16-27(24)33-4/h5-9,11,14-16,19-20,25H,10,12-13,17-18H2,1-4H3. The quantitative estimate of drug-likeness (QED) is 0.310. The molecule has 6 heteroatoms. The summed E-state index contributed by atoms with van der Waals surface area (Å²) >= 11 is 0. The molecular formula is C28H34FNO3S. The van der Waals surface area contributed by atoms with Crippen LogP contribution in [0.1, 0.15) is 41.5 Å². The second-order valence-electron chi connectivity index (χ2n) is 8.73.